The number of carboxylic acids is 1. The fourth-order valence-electron chi connectivity index (χ4n) is 4.44. The summed E-state index contributed by atoms with van der Waals surface area (Å²) >= 11 is 0. The van der Waals surface area contributed by atoms with Crippen molar-refractivity contribution < 1.29 is 24.2 Å². The minimum absolute atomic E-state index is 0.0173. The lowest BCUT2D eigenvalue weighted by molar-refractivity contribution is -0.142. The first-order valence-corrected chi connectivity index (χ1v) is 11.9. The molecule has 0 radical (unpaired) electrons. The molecule has 2 aromatic carbocycles. The Morgan fingerprint density at radius 3 is 2.12 bits per heavy atom. The van der Waals surface area contributed by atoms with Crippen LogP contribution in [0.15, 0.2) is 48.5 Å². The van der Waals surface area contributed by atoms with E-state index in [2.05, 4.69) is 34.9 Å². The third kappa shape index (κ3) is 6.16. The molecule has 0 spiro atoms. The van der Waals surface area contributed by atoms with Crippen molar-refractivity contribution in [1.82, 2.24) is 10.6 Å². The standard InChI is InChI=1S/C27H34N2O5/c1-4-9-24(26(31)32)29-25(30)14-18(17(2)3)15-28-27(33)34-16-23-21-12-7-5-10-19(21)20-11-6-8-13-22(20)23/h5-8,10-13,17-18,23-24H,4,9,14-16H2,1-3H3,(H,28,33)(H,29,30)(H,31,32). The van der Waals surface area contributed by atoms with Gasteiger partial charge in [-0.15, -0.1) is 0 Å². The van der Waals surface area contributed by atoms with Crippen LogP contribution in [0.25, 0.3) is 11.1 Å². The molecule has 0 aliphatic heterocycles. The van der Waals surface area contributed by atoms with Crippen LogP contribution in [0.1, 0.15) is 57.1 Å². The largest absolute Gasteiger partial charge is 0.480 e. The van der Waals surface area contributed by atoms with Gasteiger partial charge in [0.2, 0.25) is 5.91 Å². The lowest BCUT2D eigenvalue weighted by Crippen LogP contribution is -2.42. The highest BCUT2D eigenvalue weighted by molar-refractivity contribution is 5.83. The summed E-state index contributed by atoms with van der Waals surface area (Å²) in [5.41, 5.74) is 4.63. The van der Waals surface area contributed by atoms with Crippen molar-refractivity contribution >= 4 is 18.0 Å². The number of hydrogen-bond donors (Lipinski definition) is 3. The van der Waals surface area contributed by atoms with E-state index >= 15 is 0 Å². The van der Waals surface area contributed by atoms with E-state index in [-0.39, 0.29) is 43.2 Å². The second-order valence-electron chi connectivity index (χ2n) is 9.16. The minimum Gasteiger partial charge on any atom is -0.480 e. The van der Waals surface area contributed by atoms with Crippen LogP contribution < -0.4 is 10.6 Å². The first kappa shape index (κ1) is 25.3. The summed E-state index contributed by atoms with van der Waals surface area (Å²) in [5, 5.41) is 14.6. The molecule has 0 saturated carbocycles. The van der Waals surface area contributed by atoms with Gasteiger partial charge in [0, 0.05) is 18.9 Å². The molecule has 34 heavy (non-hydrogen) atoms. The van der Waals surface area contributed by atoms with Gasteiger partial charge in [-0.25, -0.2) is 9.59 Å². The van der Waals surface area contributed by atoms with Gasteiger partial charge in [0.15, 0.2) is 0 Å². The van der Waals surface area contributed by atoms with Crippen LogP contribution in [-0.4, -0.2) is 42.3 Å². The van der Waals surface area contributed by atoms with Crippen molar-refractivity contribution in [2.45, 2.75) is 52.0 Å². The molecule has 1 aliphatic rings. The number of alkyl carbamates (subject to hydrolysis) is 1. The van der Waals surface area contributed by atoms with E-state index in [1.165, 1.54) is 11.1 Å². The SMILES string of the molecule is CCCC(NC(=O)CC(CNC(=O)OCC1c2ccccc2-c2ccccc21)C(C)C)C(=O)O. The molecule has 182 valence electrons. The molecule has 7 heteroatoms. The summed E-state index contributed by atoms with van der Waals surface area (Å²) in [7, 11) is 0. The van der Waals surface area contributed by atoms with E-state index in [0.717, 1.165) is 11.1 Å². The molecule has 2 unspecified atom stereocenters. The van der Waals surface area contributed by atoms with Gasteiger partial charge in [0.25, 0.3) is 0 Å². The van der Waals surface area contributed by atoms with Crippen molar-refractivity contribution in [3.63, 3.8) is 0 Å². The topological polar surface area (TPSA) is 105 Å². The average Bonchev–Trinajstić information content (AvgIpc) is 3.13. The Hall–Kier alpha value is -3.35. The van der Waals surface area contributed by atoms with Crippen molar-refractivity contribution in [2.24, 2.45) is 11.8 Å². The van der Waals surface area contributed by atoms with Crippen LogP contribution in [-0.2, 0) is 14.3 Å². The molecule has 7 nitrogen and oxygen atoms in total. The predicted octanol–water partition coefficient (Wildman–Crippen LogP) is 4.56. The fraction of sp³-hybridized carbons (Fsp3) is 0.444. The summed E-state index contributed by atoms with van der Waals surface area (Å²) in [4.78, 5) is 36.2. The Morgan fingerprint density at radius 2 is 1.59 bits per heavy atom. The second-order valence-corrected chi connectivity index (χ2v) is 9.16. The predicted molar refractivity (Wildman–Crippen MR) is 130 cm³/mol. The number of rotatable bonds is 11. The van der Waals surface area contributed by atoms with E-state index in [1.807, 2.05) is 45.0 Å². The summed E-state index contributed by atoms with van der Waals surface area (Å²) in [6, 6.07) is 15.4. The average molecular weight is 467 g/mol. The van der Waals surface area contributed by atoms with Gasteiger partial charge in [-0.1, -0.05) is 75.7 Å². The second kappa shape index (κ2) is 11.7. The number of ether oxygens (including phenoxy) is 1. The number of fused-ring (bicyclic) bond motifs is 3. The molecule has 3 N–H and O–H groups in total. The number of amides is 2. The maximum absolute atomic E-state index is 12.5. The monoisotopic (exact) mass is 466 g/mol. The number of benzene rings is 2. The Kier molecular flexibility index (Phi) is 8.68. The fourth-order valence-corrected chi connectivity index (χ4v) is 4.44. The highest BCUT2D eigenvalue weighted by Gasteiger charge is 2.29. The summed E-state index contributed by atoms with van der Waals surface area (Å²) < 4.78 is 5.57. The van der Waals surface area contributed by atoms with Crippen LogP contribution >= 0.6 is 0 Å². The van der Waals surface area contributed by atoms with Crippen LogP contribution in [0.2, 0.25) is 0 Å². The Morgan fingerprint density at radius 1 is 1.00 bits per heavy atom. The van der Waals surface area contributed by atoms with Crippen LogP contribution in [0, 0.1) is 11.8 Å². The van der Waals surface area contributed by atoms with Crippen molar-refractivity contribution in [1.29, 1.82) is 0 Å². The van der Waals surface area contributed by atoms with Gasteiger partial charge in [-0.2, -0.15) is 0 Å². The van der Waals surface area contributed by atoms with Crippen molar-refractivity contribution in [3.05, 3.63) is 59.7 Å². The van der Waals surface area contributed by atoms with E-state index in [4.69, 9.17) is 4.74 Å². The number of hydrogen-bond acceptors (Lipinski definition) is 4. The van der Waals surface area contributed by atoms with E-state index < -0.39 is 18.1 Å². The zero-order chi connectivity index (χ0) is 24.7. The molecule has 0 heterocycles. The molecule has 0 aromatic heterocycles. The Bertz CT molecular complexity index is 974. The van der Waals surface area contributed by atoms with Gasteiger partial charge < -0.3 is 20.5 Å². The Balaban J connectivity index is 1.53. The van der Waals surface area contributed by atoms with E-state index in [9.17, 15) is 19.5 Å². The summed E-state index contributed by atoms with van der Waals surface area (Å²) in [6.45, 7) is 6.31. The first-order chi connectivity index (χ1) is 16.3. The van der Waals surface area contributed by atoms with Crippen LogP contribution in [0.3, 0.4) is 0 Å². The van der Waals surface area contributed by atoms with E-state index in [0.29, 0.717) is 12.8 Å². The van der Waals surface area contributed by atoms with Gasteiger partial charge in [-0.3, -0.25) is 4.79 Å². The maximum Gasteiger partial charge on any atom is 0.407 e. The number of carbonyl (C=O) groups is 3. The lowest BCUT2D eigenvalue weighted by atomic mass is 9.92. The molecule has 2 atom stereocenters. The molecular formula is C27H34N2O5. The number of carboxylic acid groups (broad SMARTS) is 1. The third-order valence-electron chi connectivity index (χ3n) is 6.45. The molecule has 0 bridgehead atoms. The third-order valence-corrected chi connectivity index (χ3v) is 6.45. The quantitative estimate of drug-likeness (QED) is 0.450. The molecular weight excluding hydrogens is 432 g/mol. The minimum atomic E-state index is -1.03. The highest BCUT2D eigenvalue weighted by atomic mass is 16.5. The first-order valence-electron chi connectivity index (χ1n) is 11.9. The maximum atomic E-state index is 12.5. The smallest absolute Gasteiger partial charge is 0.407 e. The highest BCUT2D eigenvalue weighted by Crippen LogP contribution is 2.44. The molecule has 0 saturated heterocycles. The molecule has 2 aromatic rings. The van der Waals surface area contributed by atoms with Gasteiger partial charge in [0.05, 0.1) is 0 Å². The summed E-state index contributed by atoms with van der Waals surface area (Å²) in [6.07, 6.45) is 0.649. The van der Waals surface area contributed by atoms with Gasteiger partial charge in [-0.05, 0) is 40.5 Å². The molecule has 2 amide bonds. The van der Waals surface area contributed by atoms with Gasteiger partial charge in [0.1, 0.15) is 12.6 Å². The Labute approximate surface area is 200 Å². The lowest BCUT2D eigenvalue weighted by Gasteiger charge is -2.22. The van der Waals surface area contributed by atoms with Crippen molar-refractivity contribution in [3.8, 4) is 11.1 Å². The zero-order valence-electron chi connectivity index (χ0n) is 20.0. The molecule has 1 aliphatic carbocycles. The van der Waals surface area contributed by atoms with Crippen molar-refractivity contribution in [2.75, 3.05) is 13.2 Å². The molecule has 0 fully saturated rings. The van der Waals surface area contributed by atoms with Crippen LogP contribution in [0.4, 0.5) is 4.79 Å². The normalized spacial score (nSPS) is 14.1. The number of aliphatic carboxylic acids is 1. The number of carbonyl (C=O) groups excluding carboxylic acids is 2. The zero-order valence-corrected chi connectivity index (χ0v) is 20.0. The number of nitrogens with one attached hydrogen (secondary N) is 2. The van der Waals surface area contributed by atoms with Gasteiger partial charge >= 0.3 is 12.1 Å². The summed E-state index contributed by atoms with van der Waals surface area (Å²) in [5.74, 6) is -1.40. The molecule has 3 rings (SSSR count). The van der Waals surface area contributed by atoms with E-state index in [1.54, 1.807) is 0 Å². The van der Waals surface area contributed by atoms with Crippen LogP contribution in [0.5, 0.6) is 0 Å².